The average Bonchev–Trinajstić information content (AvgIpc) is 2.44. The molecule has 21 heavy (non-hydrogen) atoms. The van der Waals surface area contributed by atoms with Gasteiger partial charge in [0.2, 0.25) is 5.91 Å². The van der Waals surface area contributed by atoms with Crippen molar-refractivity contribution in [3.8, 4) is 5.75 Å². The summed E-state index contributed by atoms with van der Waals surface area (Å²) < 4.78 is 5.67. The van der Waals surface area contributed by atoms with Gasteiger partial charge < -0.3 is 20.7 Å². The third-order valence-electron chi connectivity index (χ3n) is 3.19. The highest BCUT2D eigenvalue weighted by atomic mass is 16.5. The molecule has 118 valence electrons. The van der Waals surface area contributed by atoms with Gasteiger partial charge in [-0.3, -0.25) is 4.79 Å². The zero-order valence-corrected chi connectivity index (χ0v) is 13.4. The van der Waals surface area contributed by atoms with Crippen molar-refractivity contribution < 1.29 is 9.53 Å². The predicted octanol–water partition coefficient (Wildman–Crippen LogP) is 1.23. The fraction of sp³-hybridized carbons (Fsp3) is 0.562. The van der Waals surface area contributed by atoms with E-state index in [0.29, 0.717) is 13.2 Å². The normalized spacial score (nSPS) is 12.5. The third-order valence-corrected chi connectivity index (χ3v) is 3.19. The van der Waals surface area contributed by atoms with Crippen molar-refractivity contribution in [3.63, 3.8) is 0 Å². The van der Waals surface area contributed by atoms with Crippen molar-refractivity contribution in [3.05, 3.63) is 29.8 Å². The number of nitrogens with one attached hydrogen (secondary N) is 1. The van der Waals surface area contributed by atoms with E-state index in [9.17, 15) is 4.79 Å². The van der Waals surface area contributed by atoms with E-state index in [1.165, 1.54) is 0 Å². The Bertz CT molecular complexity index is 447. The molecule has 0 heterocycles. The number of carbonyl (C=O) groups excluding carboxylic acids is 1. The zero-order valence-electron chi connectivity index (χ0n) is 13.4. The Labute approximate surface area is 127 Å². The van der Waals surface area contributed by atoms with Crippen LogP contribution in [0, 0.1) is 5.92 Å². The number of ether oxygens (including phenoxy) is 1. The molecule has 0 saturated carbocycles. The number of rotatable bonds is 8. The molecule has 0 spiro atoms. The first-order valence-corrected chi connectivity index (χ1v) is 7.30. The summed E-state index contributed by atoms with van der Waals surface area (Å²) in [4.78, 5) is 13.9. The van der Waals surface area contributed by atoms with Gasteiger partial charge in [-0.1, -0.05) is 26.0 Å². The second-order valence-corrected chi connectivity index (χ2v) is 5.79. The maximum atomic E-state index is 11.8. The van der Waals surface area contributed by atoms with Crippen LogP contribution in [0.5, 0.6) is 5.75 Å². The van der Waals surface area contributed by atoms with Gasteiger partial charge >= 0.3 is 0 Å². The standard InChI is InChI=1S/C16H27N3O2/c1-12(2)15(17)16(20)18-11-13-6-5-7-14(10-13)21-9-8-19(3)4/h5-7,10,12,15H,8-9,11,17H2,1-4H3,(H,18,20)/t15-/m0/s1. The van der Waals surface area contributed by atoms with Gasteiger partial charge in [-0.2, -0.15) is 0 Å². The lowest BCUT2D eigenvalue weighted by Crippen LogP contribution is -2.43. The molecule has 1 aromatic carbocycles. The number of nitrogens with two attached hydrogens (primary N) is 1. The van der Waals surface area contributed by atoms with Crippen molar-refractivity contribution in [1.29, 1.82) is 0 Å². The number of hydrogen-bond acceptors (Lipinski definition) is 4. The molecule has 0 bridgehead atoms. The summed E-state index contributed by atoms with van der Waals surface area (Å²) in [6.45, 7) is 5.84. The van der Waals surface area contributed by atoms with Gasteiger partial charge in [0.25, 0.3) is 0 Å². The fourth-order valence-electron chi connectivity index (χ4n) is 1.70. The number of benzene rings is 1. The van der Waals surface area contributed by atoms with Gasteiger partial charge in [0, 0.05) is 13.1 Å². The monoisotopic (exact) mass is 293 g/mol. The quantitative estimate of drug-likeness (QED) is 0.756. The molecular weight excluding hydrogens is 266 g/mol. The van der Waals surface area contributed by atoms with Crippen molar-refractivity contribution in [2.24, 2.45) is 11.7 Å². The van der Waals surface area contributed by atoms with Gasteiger partial charge in [-0.05, 0) is 37.7 Å². The minimum Gasteiger partial charge on any atom is -0.492 e. The van der Waals surface area contributed by atoms with E-state index >= 15 is 0 Å². The van der Waals surface area contributed by atoms with Crippen LogP contribution in [0.3, 0.4) is 0 Å². The first-order valence-electron chi connectivity index (χ1n) is 7.30. The summed E-state index contributed by atoms with van der Waals surface area (Å²) in [6, 6.07) is 7.27. The number of likely N-dealkylation sites (N-methyl/N-ethyl adjacent to an activating group) is 1. The van der Waals surface area contributed by atoms with Crippen molar-refractivity contribution in [2.45, 2.75) is 26.4 Å². The number of nitrogens with zero attached hydrogens (tertiary/aromatic N) is 1. The van der Waals surface area contributed by atoms with Crippen LogP contribution in [-0.4, -0.2) is 44.1 Å². The van der Waals surface area contributed by atoms with Crippen molar-refractivity contribution >= 4 is 5.91 Å². The maximum absolute atomic E-state index is 11.8. The topological polar surface area (TPSA) is 67.6 Å². The summed E-state index contributed by atoms with van der Waals surface area (Å²) in [5, 5.41) is 2.85. The van der Waals surface area contributed by atoms with Crippen LogP contribution in [0.2, 0.25) is 0 Å². The third kappa shape index (κ3) is 6.60. The number of carbonyl (C=O) groups is 1. The molecule has 1 aromatic rings. The lowest BCUT2D eigenvalue weighted by molar-refractivity contribution is -0.123. The molecular formula is C16H27N3O2. The lowest BCUT2D eigenvalue weighted by atomic mass is 10.0. The van der Waals surface area contributed by atoms with Crippen molar-refractivity contribution in [1.82, 2.24) is 10.2 Å². The van der Waals surface area contributed by atoms with E-state index in [1.807, 2.05) is 52.2 Å². The highest BCUT2D eigenvalue weighted by molar-refractivity contribution is 5.81. The maximum Gasteiger partial charge on any atom is 0.237 e. The molecule has 5 nitrogen and oxygen atoms in total. The van der Waals surface area contributed by atoms with E-state index in [0.717, 1.165) is 17.9 Å². The summed E-state index contributed by atoms with van der Waals surface area (Å²) in [7, 11) is 4.01. The van der Waals surface area contributed by atoms with Crippen LogP contribution < -0.4 is 15.8 Å². The van der Waals surface area contributed by atoms with E-state index < -0.39 is 6.04 Å². The minimum absolute atomic E-state index is 0.121. The minimum atomic E-state index is -0.468. The Morgan fingerprint density at radius 1 is 1.38 bits per heavy atom. The van der Waals surface area contributed by atoms with Gasteiger partial charge in [-0.15, -0.1) is 0 Å². The van der Waals surface area contributed by atoms with Crippen LogP contribution in [0.1, 0.15) is 19.4 Å². The Morgan fingerprint density at radius 2 is 2.10 bits per heavy atom. The zero-order chi connectivity index (χ0) is 15.8. The van der Waals surface area contributed by atoms with E-state index in [1.54, 1.807) is 0 Å². The largest absolute Gasteiger partial charge is 0.492 e. The second-order valence-electron chi connectivity index (χ2n) is 5.79. The number of hydrogen-bond donors (Lipinski definition) is 2. The van der Waals surface area contributed by atoms with Crippen LogP contribution in [0.4, 0.5) is 0 Å². The molecule has 0 radical (unpaired) electrons. The van der Waals surface area contributed by atoms with Crippen LogP contribution >= 0.6 is 0 Å². The van der Waals surface area contributed by atoms with E-state index in [2.05, 4.69) is 10.2 Å². The summed E-state index contributed by atoms with van der Waals surface area (Å²) in [5.41, 5.74) is 6.81. The average molecular weight is 293 g/mol. The highest BCUT2D eigenvalue weighted by Crippen LogP contribution is 2.13. The molecule has 5 heteroatoms. The molecule has 0 fully saturated rings. The summed E-state index contributed by atoms with van der Waals surface area (Å²) >= 11 is 0. The lowest BCUT2D eigenvalue weighted by Gasteiger charge is -2.15. The van der Waals surface area contributed by atoms with Gasteiger partial charge in [0.1, 0.15) is 12.4 Å². The molecule has 1 rings (SSSR count). The molecule has 3 N–H and O–H groups in total. The van der Waals surface area contributed by atoms with E-state index in [4.69, 9.17) is 10.5 Å². The Kier molecular flexibility index (Phi) is 7.19. The Balaban J connectivity index is 2.47. The van der Waals surface area contributed by atoms with Crippen LogP contribution in [0.15, 0.2) is 24.3 Å². The molecule has 1 amide bonds. The van der Waals surface area contributed by atoms with Crippen LogP contribution in [-0.2, 0) is 11.3 Å². The molecule has 0 aliphatic rings. The van der Waals surface area contributed by atoms with Crippen LogP contribution in [0.25, 0.3) is 0 Å². The molecule has 0 saturated heterocycles. The second kappa shape index (κ2) is 8.64. The summed E-state index contributed by atoms with van der Waals surface area (Å²) in [6.07, 6.45) is 0. The highest BCUT2D eigenvalue weighted by Gasteiger charge is 2.16. The predicted molar refractivity (Wildman–Crippen MR) is 85.2 cm³/mol. The molecule has 0 aliphatic carbocycles. The Hall–Kier alpha value is -1.59. The van der Waals surface area contributed by atoms with Gasteiger partial charge in [0.05, 0.1) is 6.04 Å². The molecule has 0 aliphatic heterocycles. The SMILES string of the molecule is CC(C)[C@H](N)C(=O)NCc1cccc(OCCN(C)C)c1. The smallest absolute Gasteiger partial charge is 0.237 e. The Morgan fingerprint density at radius 3 is 2.71 bits per heavy atom. The first kappa shape index (κ1) is 17.5. The molecule has 1 atom stereocenters. The summed E-state index contributed by atoms with van der Waals surface area (Å²) in [5.74, 6) is 0.825. The molecule has 0 aromatic heterocycles. The van der Waals surface area contributed by atoms with Gasteiger partial charge in [-0.25, -0.2) is 0 Å². The van der Waals surface area contributed by atoms with Gasteiger partial charge in [0.15, 0.2) is 0 Å². The fourth-order valence-corrected chi connectivity index (χ4v) is 1.70. The van der Waals surface area contributed by atoms with E-state index in [-0.39, 0.29) is 11.8 Å². The number of amides is 1. The first-order chi connectivity index (χ1) is 9.90. The van der Waals surface area contributed by atoms with Crippen molar-refractivity contribution in [2.75, 3.05) is 27.2 Å². The molecule has 0 unspecified atom stereocenters.